The van der Waals surface area contributed by atoms with Gasteiger partial charge in [-0.25, -0.2) is 0 Å². The Morgan fingerprint density at radius 3 is 0.968 bits per heavy atom. The molecule has 0 aliphatic heterocycles. The van der Waals surface area contributed by atoms with E-state index < -0.39 is 24.2 Å². The van der Waals surface area contributed by atoms with Crippen molar-refractivity contribution in [3.05, 3.63) is 48.6 Å². The molecule has 0 saturated heterocycles. The first kappa shape index (κ1) is 61.3. The Hall–Kier alpha value is -1.69. The summed E-state index contributed by atoms with van der Waals surface area (Å²) in [5, 5.41) is 33.3. The summed E-state index contributed by atoms with van der Waals surface area (Å²) in [5.41, 5.74) is 0. The molecule has 3 atom stereocenters. The van der Waals surface area contributed by atoms with Crippen LogP contribution in [0.3, 0.4) is 0 Å². The fourth-order valence-electron chi connectivity index (χ4n) is 8.51. The van der Waals surface area contributed by atoms with Crippen molar-refractivity contribution in [1.29, 1.82) is 0 Å². The highest BCUT2D eigenvalue weighted by Gasteiger charge is 2.22. The summed E-state index contributed by atoms with van der Waals surface area (Å²) in [6.45, 7) is 4.19. The first-order valence-electron chi connectivity index (χ1n) is 28.0. The molecule has 0 bridgehead atoms. The first-order chi connectivity index (χ1) is 31.1. The lowest BCUT2D eigenvalue weighted by Gasteiger charge is -2.21. The quantitative estimate of drug-likeness (QED) is 0.0362. The molecule has 0 heterocycles. The van der Waals surface area contributed by atoms with Crippen LogP contribution < -0.4 is 5.32 Å². The molecule has 0 saturated carbocycles. The highest BCUT2D eigenvalue weighted by Crippen LogP contribution is 2.16. The molecule has 0 aromatic carbocycles. The van der Waals surface area contributed by atoms with Crippen molar-refractivity contribution in [2.75, 3.05) is 6.61 Å². The number of carbonyl (C=O) groups is 1. The van der Waals surface area contributed by atoms with Gasteiger partial charge in [-0.05, 0) is 70.6 Å². The molecule has 63 heavy (non-hydrogen) atoms. The van der Waals surface area contributed by atoms with E-state index in [-0.39, 0.29) is 6.61 Å². The molecule has 5 heteroatoms. The zero-order valence-electron chi connectivity index (χ0n) is 42.2. The number of allylic oxidation sites excluding steroid dienone is 7. The third-order valence-electron chi connectivity index (χ3n) is 12.9. The molecule has 370 valence electrons. The van der Waals surface area contributed by atoms with Crippen LogP contribution in [0.2, 0.25) is 0 Å². The fraction of sp³-hybridized carbons (Fsp3) is 0.845. The zero-order chi connectivity index (χ0) is 45.8. The highest BCUT2D eigenvalue weighted by atomic mass is 16.3. The normalized spacial score (nSPS) is 13.7. The first-order valence-corrected chi connectivity index (χ1v) is 28.0. The van der Waals surface area contributed by atoms with Gasteiger partial charge in [-0.1, -0.05) is 268 Å². The van der Waals surface area contributed by atoms with E-state index in [9.17, 15) is 20.1 Å². The van der Waals surface area contributed by atoms with E-state index in [1.54, 1.807) is 6.08 Å². The van der Waals surface area contributed by atoms with Crippen LogP contribution in [-0.4, -0.2) is 46.1 Å². The molecular weight excluding hydrogens is 775 g/mol. The third-order valence-corrected chi connectivity index (χ3v) is 12.9. The summed E-state index contributed by atoms with van der Waals surface area (Å²) in [5.74, 6) is -0.516. The van der Waals surface area contributed by atoms with E-state index in [0.29, 0.717) is 6.42 Å². The smallest absolute Gasteiger partial charge is 0.249 e. The Bertz CT molecular complexity index is 1020. The molecule has 0 rings (SSSR count). The van der Waals surface area contributed by atoms with E-state index in [2.05, 4.69) is 55.6 Å². The number of aliphatic hydroxyl groups is 3. The number of carbonyl (C=O) groups excluding carboxylic acids is 1. The molecule has 4 N–H and O–H groups in total. The average Bonchev–Trinajstić information content (AvgIpc) is 3.29. The lowest BCUT2D eigenvalue weighted by atomic mass is 10.0. The van der Waals surface area contributed by atoms with Gasteiger partial charge in [-0.15, -0.1) is 0 Å². The highest BCUT2D eigenvalue weighted by molar-refractivity contribution is 5.80. The molecule has 0 fully saturated rings. The van der Waals surface area contributed by atoms with E-state index in [1.165, 1.54) is 225 Å². The van der Waals surface area contributed by atoms with Crippen molar-refractivity contribution in [1.82, 2.24) is 5.32 Å². The van der Waals surface area contributed by atoms with Crippen LogP contribution in [0.4, 0.5) is 0 Å². The second-order valence-electron chi connectivity index (χ2n) is 19.1. The van der Waals surface area contributed by atoms with Crippen LogP contribution >= 0.6 is 0 Å². The summed E-state index contributed by atoms with van der Waals surface area (Å²) in [4.78, 5) is 12.5. The van der Waals surface area contributed by atoms with Crippen molar-refractivity contribution in [3.63, 3.8) is 0 Å². The molecule has 3 unspecified atom stereocenters. The van der Waals surface area contributed by atoms with Crippen LogP contribution in [0.15, 0.2) is 48.6 Å². The SMILES string of the molecule is CCCCCCCCCCCCCC/C=C\CCCCCCCCCCCCC(O)C(=O)NC(CO)C(O)/C=C/CC/C=C/CC/C=C/CCCCCCCCCCCCCCC. The Morgan fingerprint density at radius 1 is 0.381 bits per heavy atom. The molecule has 0 radical (unpaired) electrons. The van der Waals surface area contributed by atoms with Crippen LogP contribution in [0.25, 0.3) is 0 Å². The maximum Gasteiger partial charge on any atom is 0.249 e. The second-order valence-corrected chi connectivity index (χ2v) is 19.1. The van der Waals surface area contributed by atoms with Gasteiger partial charge >= 0.3 is 0 Å². The summed E-state index contributed by atoms with van der Waals surface area (Å²) < 4.78 is 0. The maximum atomic E-state index is 12.5. The summed E-state index contributed by atoms with van der Waals surface area (Å²) in [7, 11) is 0. The minimum Gasteiger partial charge on any atom is -0.394 e. The van der Waals surface area contributed by atoms with Gasteiger partial charge in [0.25, 0.3) is 0 Å². The van der Waals surface area contributed by atoms with Crippen molar-refractivity contribution in [2.45, 2.75) is 308 Å². The van der Waals surface area contributed by atoms with E-state index >= 15 is 0 Å². The monoisotopic (exact) mass is 884 g/mol. The molecule has 0 spiro atoms. The van der Waals surface area contributed by atoms with E-state index in [4.69, 9.17) is 0 Å². The van der Waals surface area contributed by atoms with Gasteiger partial charge in [0.1, 0.15) is 6.10 Å². The Labute approximate surface area is 393 Å². The summed E-state index contributed by atoms with van der Waals surface area (Å²) in [6.07, 6.45) is 70.4. The van der Waals surface area contributed by atoms with Gasteiger partial charge in [-0.2, -0.15) is 0 Å². The minimum atomic E-state index is -1.11. The number of unbranched alkanes of at least 4 members (excludes halogenated alkanes) is 37. The molecular formula is C58H109NO4. The maximum absolute atomic E-state index is 12.5. The Kier molecular flexibility index (Phi) is 51.5. The van der Waals surface area contributed by atoms with Crippen LogP contribution in [0.5, 0.6) is 0 Å². The number of aliphatic hydroxyl groups excluding tert-OH is 3. The van der Waals surface area contributed by atoms with Gasteiger partial charge in [0.2, 0.25) is 5.91 Å². The number of amides is 1. The average molecular weight is 885 g/mol. The standard InChI is InChI=1S/C58H109NO4/c1-3-5-7-9-11-13-15-17-19-21-23-25-27-28-29-31-33-35-37-39-41-43-45-47-49-51-53-57(62)58(63)59-55(54-60)56(61)52-50-48-46-44-42-40-38-36-34-32-30-26-24-22-20-18-16-14-12-10-8-6-4-2/h28-29,34,36,42,44,50,52,55-57,60-62H,3-27,30-33,35,37-41,43,45-49,51,53-54H2,1-2H3,(H,59,63)/b29-28-,36-34+,44-42+,52-50+. The lowest BCUT2D eigenvalue weighted by Crippen LogP contribution is -2.48. The van der Waals surface area contributed by atoms with Crippen molar-refractivity contribution < 1.29 is 20.1 Å². The number of hydrogen-bond donors (Lipinski definition) is 4. The number of nitrogens with one attached hydrogen (secondary N) is 1. The van der Waals surface area contributed by atoms with Crippen LogP contribution in [0, 0.1) is 0 Å². The van der Waals surface area contributed by atoms with Gasteiger partial charge in [0.05, 0.1) is 18.8 Å². The zero-order valence-corrected chi connectivity index (χ0v) is 42.2. The Morgan fingerprint density at radius 2 is 0.651 bits per heavy atom. The van der Waals surface area contributed by atoms with Crippen molar-refractivity contribution >= 4 is 5.91 Å². The molecule has 0 aromatic heterocycles. The van der Waals surface area contributed by atoms with E-state index in [1.807, 2.05) is 6.08 Å². The van der Waals surface area contributed by atoms with Crippen molar-refractivity contribution in [3.8, 4) is 0 Å². The van der Waals surface area contributed by atoms with Crippen LogP contribution in [-0.2, 0) is 4.79 Å². The van der Waals surface area contributed by atoms with E-state index in [0.717, 1.165) is 44.9 Å². The fourth-order valence-corrected chi connectivity index (χ4v) is 8.51. The predicted molar refractivity (Wildman–Crippen MR) is 277 cm³/mol. The predicted octanol–water partition coefficient (Wildman–Crippen LogP) is 17.2. The van der Waals surface area contributed by atoms with Gasteiger partial charge in [0.15, 0.2) is 0 Å². The third kappa shape index (κ3) is 48.1. The molecule has 1 amide bonds. The van der Waals surface area contributed by atoms with Gasteiger partial charge < -0.3 is 20.6 Å². The van der Waals surface area contributed by atoms with Gasteiger partial charge in [-0.3, -0.25) is 4.79 Å². The minimum absolute atomic E-state index is 0.382. The second kappa shape index (κ2) is 52.9. The van der Waals surface area contributed by atoms with Crippen molar-refractivity contribution in [2.24, 2.45) is 0 Å². The molecule has 0 aromatic rings. The van der Waals surface area contributed by atoms with Gasteiger partial charge in [0, 0.05) is 0 Å². The Balaban J connectivity index is 3.64. The molecule has 5 nitrogen and oxygen atoms in total. The molecule has 0 aliphatic carbocycles. The van der Waals surface area contributed by atoms with Crippen LogP contribution in [0.1, 0.15) is 290 Å². The topological polar surface area (TPSA) is 89.8 Å². The molecule has 0 aliphatic rings. The number of hydrogen-bond acceptors (Lipinski definition) is 4. The lowest BCUT2D eigenvalue weighted by molar-refractivity contribution is -0.131. The summed E-state index contributed by atoms with van der Waals surface area (Å²) >= 11 is 0. The number of rotatable bonds is 51. The largest absolute Gasteiger partial charge is 0.394 e. The summed E-state index contributed by atoms with van der Waals surface area (Å²) in [6, 6.07) is -0.823.